The minimum atomic E-state index is -4.90. The van der Waals surface area contributed by atoms with E-state index in [2.05, 4.69) is 9.68 Å². The second-order valence-corrected chi connectivity index (χ2v) is 7.32. The monoisotopic (exact) mass is 455 g/mol. The van der Waals surface area contributed by atoms with Crippen LogP contribution in [0.5, 0.6) is 5.75 Å². The van der Waals surface area contributed by atoms with E-state index in [9.17, 15) is 26.7 Å². The van der Waals surface area contributed by atoms with Crippen LogP contribution >= 0.6 is 0 Å². The van der Waals surface area contributed by atoms with Crippen LogP contribution in [0.25, 0.3) is 11.3 Å². The second-order valence-electron chi connectivity index (χ2n) is 7.32. The fraction of sp³-hybridized carbons (Fsp3) is 0.273. The molecule has 0 spiro atoms. The van der Waals surface area contributed by atoms with E-state index in [1.54, 1.807) is 19.1 Å². The molecule has 32 heavy (non-hydrogen) atoms. The van der Waals surface area contributed by atoms with Crippen LogP contribution in [-0.4, -0.2) is 16.2 Å². The number of halogens is 5. The van der Waals surface area contributed by atoms with Gasteiger partial charge < -0.3 is 14.4 Å². The Morgan fingerprint density at radius 3 is 2.28 bits per heavy atom. The van der Waals surface area contributed by atoms with Crippen molar-refractivity contribution in [3.8, 4) is 17.0 Å². The van der Waals surface area contributed by atoms with E-state index < -0.39 is 53.4 Å². The minimum Gasteiger partial charge on any atom is -0.483 e. The second kappa shape index (κ2) is 8.97. The van der Waals surface area contributed by atoms with E-state index in [4.69, 9.17) is 9.84 Å². The summed E-state index contributed by atoms with van der Waals surface area (Å²) in [5.41, 5.74) is 0.581. The highest BCUT2D eigenvalue weighted by atomic mass is 19.4. The first-order chi connectivity index (χ1) is 15.0. The van der Waals surface area contributed by atoms with Gasteiger partial charge in [-0.2, -0.15) is 13.2 Å². The first-order valence-corrected chi connectivity index (χ1v) is 9.43. The first kappa shape index (κ1) is 23.2. The van der Waals surface area contributed by atoms with Crippen LogP contribution in [0.4, 0.5) is 22.0 Å². The Kier molecular flexibility index (Phi) is 6.52. The standard InChI is InChI=1S/C22H18F5NO4/c1-11-3-5-14(6-4-11)18-15(20(32-28-18)22(25,26)27)10-31-19-16(23)8-13(9-17(19)24)7-12(2)21(29)30/h3-6,8-9,12H,7,10H2,1-2H3,(H,29,30). The van der Waals surface area contributed by atoms with Crippen LogP contribution in [0, 0.1) is 24.5 Å². The van der Waals surface area contributed by atoms with Gasteiger partial charge in [0.1, 0.15) is 12.3 Å². The summed E-state index contributed by atoms with van der Waals surface area (Å²) in [6.45, 7) is 2.31. The molecule has 0 saturated carbocycles. The van der Waals surface area contributed by atoms with Crippen molar-refractivity contribution >= 4 is 5.97 Å². The number of aromatic nitrogens is 1. The molecule has 0 fully saturated rings. The van der Waals surface area contributed by atoms with Gasteiger partial charge in [0.25, 0.3) is 0 Å². The molecule has 1 heterocycles. The largest absolute Gasteiger partial charge is 0.483 e. The quantitative estimate of drug-likeness (QED) is 0.457. The molecular weight excluding hydrogens is 437 g/mol. The summed E-state index contributed by atoms with van der Waals surface area (Å²) in [7, 11) is 0. The first-order valence-electron chi connectivity index (χ1n) is 9.43. The van der Waals surface area contributed by atoms with Crippen molar-refractivity contribution in [3.63, 3.8) is 0 Å². The predicted molar refractivity (Wildman–Crippen MR) is 103 cm³/mol. The van der Waals surface area contributed by atoms with Crippen LogP contribution < -0.4 is 4.74 Å². The third kappa shape index (κ3) is 5.06. The molecule has 0 aliphatic rings. The maximum absolute atomic E-state index is 14.4. The van der Waals surface area contributed by atoms with Crippen molar-refractivity contribution in [3.05, 3.63) is 70.5 Å². The summed E-state index contributed by atoms with van der Waals surface area (Å²) < 4.78 is 78.5. The molecule has 0 bridgehead atoms. The number of alkyl halides is 3. The van der Waals surface area contributed by atoms with Crippen molar-refractivity contribution in [1.82, 2.24) is 5.16 Å². The number of rotatable bonds is 7. The normalized spacial score (nSPS) is 12.6. The Morgan fingerprint density at radius 2 is 1.75 bits per heavy atom. The minimum absolute atomic E-state index is 0.0727. The van der Waals surface area contributed by atoms with E-state index in [1.165, 1.54) is 19.1 Å². The van der Waals surface area contributed by atoms with Crippen LogP contribution in [0.3, 0.4) is 0 Å². The number of hydrogen-bond acceptors (Lipinski definition) is 4. The summed E-state index contributed by atoms with van der Waals surface area (Å²) in [6.07, 6.45) is -5.03. The van der Waals surface area contributed by atoms with Crippen molar-refractivity contribution in [1.29, 1.82) is 0 Å². The Hall–Kier alpha value is -3.43. The lowest BCUT2D eigenvalue weighted by Crippen LogP contribution is -2.13. The van der Waals surface area contributed by atoms with Crippen LogP contribution in [-0.2, 0) is 24.0 Å². The lowest BCUT2D eigenvalue weighted by Gasteiger charge is -2.13. The highest BCUT2D eigenvalue weighted by molar-refractivity contribution is 5.70. The molecule has 3 rings (SSSR count). The molecular formula is C22H18F5NO4. The highest BCUT2D eigenvalue weighted by Gasteiger charge is 2.41. The smallest absolute Gasteiger partial charge is 0.452 e. The van der Waals surface area contributed by atoms with E-state index in [-0.39, 0.29) is 17.7 Å². The molecule has 0 radical (unpaired) electrons. The van der Waals surface area contributed by atoms with Gasteiger partial charge in [-0.3, -0.25) is 4.79 Å². The number of hydrogen-bond donors (Lipinski definition) is 1. The van der Waals surface area contributed by atoms with E-state index >= 15 is 0 Å². The van der Waals surface area contributed by atoms with Gasteiger partial charge in [-0.25, -0.2) is 8.78 Å². The van der Waals surface area contributed by atoms with Gasteiger partial charge in [0.05, 0.1) is 11.5 Å². The van der Waals surface area contributed by atoms with Crippen molar-refractivity contribution in [2.24, 2.45) is 5.92 Å². The SMILES string of the molecule is Cc1ccc(-c2noc(C(F)(F)F)c2COc2c(F)cc(CC(C)C(=O)O)cc2F)cc1. The van der Waals surface area contributed by atoms with Crippen molar-refractivity contribution in [2.75, 3.05) is 0 Å². The fourth-order valence-electron chi connectivity index (χ4n) is 3.06. The van der Waals surface area contributed by atoms with Gasteiger partial charge in [-0.15, -0.1) is 0 Å². The third-order valence-electron chi connectivity index (χ3n) is 4.75. The van der Waals surface area contributed by atoms with Gasteiger partial charge in [-0.05, 0) is 31.0 Å². The highest BCUT2D eigenvalue weighted by Crippen LogP contribution is 2.38. The van der Waals surface area contributed by atoms with E-state index in [0.717, 1.165) is 17.7 Å². The molecule has 0 saturated heterocycles. The molecule has 3 aromatic rings. The van der Waals surface area contributed by atoms with Gasteiger partial charge >= 0.3 is 12.1 Å². The lowest BCUT2D eigenvalue weighted by atomic mass is 10.0. The summed E-state index contributed by atoms with van der Waals surface area (Å²) in [5.74, 6) is -6.67. The summed E-state index contributed by atoms with van der Waals surface area (Å²) in [4.78, 5) is 10.9. The summed E-state index contributed by atoms with van der Waals surface area (Å²) in [5, 5.41) is 12.4. The van der Waals surface area contributed by atoms with Gasteiger partial charge in [0, 0.05) is 5.56 Å². The maximum atomic E-state index is 14.4. The number of ether oxygens (including phenoxy) is 1. The third-order valence-corrected chi connectivity index (χ3v) is 4.75. The maximum Gasteiger partial charge on any atom is 0.452 e. The zero-order chi connectivity index (χ0) is 23.6. The van der Waals surface area contributed by atoms with Gasteiger partial charge in [0.15, 0.2) is 17.4 Å². The molecule has 0 aliphatic heterocycles. The Labute approximate surface area is 179 Å². The average Bonchev–Trinajstić information content (AvgIpc) is 3.12. The molecule has 2 aromatic carbocycles. The molecule has 1 atom stereocenters. The number of carboxylic acids is 1. The summed E-state index contributed by atoms with van der Waals surface area (Å²) in [6, 6.07) is 8.18. The molecule has 5 nitrogen and oxygen atoms in total. The number of aryl methyl sites for hydroxylation is 1. The van der Waals surface area contributed by atoms with Crippen LogP contribution in [0.15, 0.2) is 40.9 Å². The predicted octanol–water partition coefficient (Wildman–Crippen LogP) is 5.79. The number of carboxylic acid groups (broad SMARTS) is 1. The molecule has 1 N–H and O–H groups in total. The lowest BCUT2D eigenvalue weighted by molar-refractivity contribution is -0.156. The topological polar surface area (TPSA) is 72.6 Å². The van der Waals surface area contributed by atoms with Crippen LogP contribution in [0.1, 0.15) is 29.4 Å². The molecule has 10 heteroatoms. The molecule has 1 aromatic heterocycles. The molecule has 0 aliphatic carbocycles. The van der Waals surface area contributed by atoms with E-state index in [0.29, 0.717) is 5.56 Å². The zero-order valence-corrected chi connectivity index (χ0v) is 17.0. The van der Waals surface area contributed by atoms with Gasteiger partial charge in [0.2, 0.25) is 5.76 Å². The Bertz CT molecular complexity index is 1100. The average molecular weight is 455 g/mol. The van der Waals surface area contributed by atoms with Crippen molar-refractivity contribution in [2.45, 2.75) is 33.1 Å². The number of benzene rings is 2. The number of aliphatic carboxylic acids is 1. The zero-order valence-electron chi connectivity index (χ0n) is 17.0. The van der Waals surface area contributed by atoms with Gasteiger partial charge in [-0.1, -0.05) is 41.9 Å². The fourth-order valence-corrected chi connectivity index (χ4v) is 3.06. The summed E-state index contributed by atoms with van der Waals surface area (Å²) >= 11 is 0. The molecule has 0 amide bonds. The van der Waals surface area contributed by atoms with Crippen molar-refractivity contribution < 1.29 is 41.1 Å². The molecule has 1 unspecified atom stereocenters. The van der Waals surface area contributed by atoms with Crippen LogP contribution in [0.2, 0.25) is 0 Å². The molecule has 170 valence electrons. The number of nitrogens with zero attached hydrogens (tertiary/aromatic N) is 1. The Morgan fingerprint density at radius 1 is 1.16 bits per heavy atom. The number of carbonyl (C=O) groups is 1. The van der Waals surface area contributed by atoms with E-state index in [1.807, 2.05) is 0 Å². The Balaban J connectivity index is 1.91.